The molecule has 0 spiro atoms. The van der Waals surface area contributed by atoms with E-state index in [0.29, 0.717) is 24.7 Å². The lowest BCUT2D eigenvalue weighted by atomic mass is 9.76. The van der Waals surface area contributed by atoms with Crippen LogP contribution in [0.2, 0.25) is 0 Å². The summed E-state index contributed by atoms with van der Waals surface area (Å²) < 4.78 is 10.7. The Labute approximate surface area is 101 Å². The first-order valence-corrected chi connectivity index (χ1v) is 6.58. The molecular weight excluding hydrogens is 228 g/mol. The molecule has 1 aliphatic carbocycles. The number of esters is 1. The van der Waals surface area contributed by atoms with Crippen molar-refractivity contribution in [3.63, 3.8) is 0 Å². The first-order chi connectivity index (χ1) is 7.65. The van der Waals surface area contributed by atoms with Crippen molar-refractivity contribution in [3.05, 3.63) is 0 Å². The van der Waals surface area contributed by atoms with Crippen LogP contribution in [0.25, 0.3) is 0 Å². The molecule has 2 rings (SSSR count). The van der Waals surface area contributed by atoms with Crippen molar-refractivity contribution < 1.29 is 14.3 Å². The summed E-state index contributed by atoms with van der Waals surface area (Å²) >= 11 is 5.56. The highest BCUT2D eigenvalue weighted by atomic mass is 35.5. The molecule has 0 aromatic heterocycles. The van der Waals surface area contributed by atoms with E-state index in [1.165, 1.54) is 0 Å². The van der Waals surface area contributed by atoms with Crippen LogP contribution >= 0.6 is 11.6 Å². The third-order valence-corrected chi connectivity index (χ3v) is 3.84. The number of unbranched alkanes of at least 4 members (excludes halogenated alkanes) is 1. The lowest BCUT2D eigenvalue weighted by Crippen LogP contribution is -2.35. The SMILES string of the molecule is C[C@]1(C(=O)OCCCCCl)CC[C@@H]2O[C@H]2C1. The van der Waals surface area contributed by atoms with E-state index < -0.39 is 0 Å². The maximum atomic E-state index is 11.9. The number of epoxide rings is 1. The van der Waals surface area contributed by atoms with Crippen molar-refractivity contribution in [3.8, 4) is 0 Å². The molecule has 3 atom stereocenters. The van der Waals surface area contributed by atoms with E-state index in [-0.39, 0.29) is 11.4 Å². The predicted molar refractivity (Wildman–Crippen MR) is 61.5 cm³/mol. The van der Waals surface area contributed by atoms with Crippen LogP contribution in [-0.4, -0.2) is 30.7 Å². The largest absolute Gasteiger partial charge is 0.465 e. The van der Waals surface area contributed by atoms with Gasteiger partial charge in [-0.05, 0) is 39.0 Å². The third kappa shape index (κ3) is 2.69. The molecule has 0 amide bonds. The lowest BCUT2D eigenvalue weighted by Gasteiger charge is -2.28. The topological polar surface area (TPSA) is 38.8 Å². The normalized spacial score (nSPS) is 36.6. The monoisotopic (exact) mass is 246 g/mol. The molecule has 92 valence electrons. The number of halogens is 1. The van der Waals surface area contributed by atoms with Crippen molar-refractivity contribution in [1.82, 2.24) is 0 Å². The Morgan fingerprint density at radius 2 is 2.31 bits per heavy atom. The summed E-state index contributed by atoms with van der Waals surface area (Å²) in [6.07, 6.45) is 5.21. The smallest absolute Gasteiger partial charge is 0.311 e. The fourth-order valence-electron chi connectivity index (χ4n) is 2.34. The van der Waals surface area contributed by atoms with E-state index in [1.54, 1.807) is 0 Å². The number of carbonyl (C=O) groups excluding carboxylic acids is 1. The lowest BCUT2D eigenvalue weighted by molar-refractivity contribution is -0.156. The molecular formula is C12H19ClO3. The van der Waals surface area contributed by atoms with Gasteiger partial charge in [-0.3, -0.25) is 4.79 Å². The molecule has 1 heterocycles. The summed E-state index contributed by atoms with van der Waals surface area (Å²) in [5.41, 5.74) is -0.321. The second kappa shape index (κ2) is 4.92. The fourth-order valence-corrected chi connectivity index (χ4v) is 2.53. The maximum Gasteiger partial charge on any atom is 0.311 e. The molecule has 0 aromatic rings. The first-order valence-electron chi connectivity index (χ1n) is 6.04. The zero-order valence-electron chi connectivity index (χ0n) is 9.71. The number of fused-ring (bicyclic) bond motifs is 1. The quantitative estimate of drug-likeness (QED) is 0.324. The van der Waals surface area contributed by atoms with Gasteiger partial charge in [0.2, 0.25) is 0 Å². The summed E-state index contributed by atoms with van der Waals surface area (Å²) in [7, 11) is 0. The van der Waals surface area contributed by atoms with Crippen molar-refractivity contribution in [2.24, 2.45) is 5.41 Å². The molecule has 4 heteroatoms. The van der Waals surface area contributed by atoms with E-state index in [2.05, 4.69) is 0 Å². The summed E-state index contributed by atoms with van der Waals surface area (Å²) in [5.74, 6) is 0.572. The van der Waals surface area contributed by atoms with Gasteiger partial charge >= 0.3 is 5.97 Å². The Bertz CT molecular complexity index is 269. The summed E-state index contributed by atoms with van der Waals surface area (Å²) in [6.45, 7) is 2.49. The minimum Gasteiger partial charge on any atom is -0.465 e. The van der Waals surface area contributed by atoms with E-state index in [9.17, 15) is 4.79 Å². The second-order valence-corrected chi connectivity index (χ2v) is 5.43. The van der Waals surface area contributed by atoms with Crippen molar-refractivity contribution in [2.45, 2.75) is 51.2 Å². The Balaban J connectivity index is 1.74. The number of hydrogen-bond acceptors (Lipinski definition) is 3. The molecule has 1 aliphatic heterocycles. The highest BCUT2D eigenvalue weighted by Crippen LogP contribution is 2.46. The van der Waals surface area contributed by atoms with Crippen molar-refractivity contribution in [1.29, 1.82) is 0 Å². The maximum absolute atomic E-state index is 11.9. The Hall–Kier alpha value is -0.280. The number of hydrogen-bond donors (Lipinski definition) is 0. The Kier molecular flexibility index (Phi) is 3.75. The molecule has 2 aliphatic rings. The van der Waals surface area contributed by atoms with Gasteiger partial charge in [0.05, 0.1) is 24.2 Å². The van der Waals surface area contributed by atoms with Crippen LogP contribution in [0, 0.1) is 5.41 Å². The third-order valence-electron chi connectivity index (χ3n) is 3.57. The van der Waals surface area contributed by atoms with Gasteiger partial charge in [0.15, 0.2) is 0 Å². The minimum absolute atomic E-state index is 0.0592. The predicted octanol–water partition coefficient (Wildman–Crippen LogP) is 2.51. The highest BCUT2D eigenvalue weighted by Gasteiger charge is 2.52. The average molecular weight is 247 g/mol. The molecule has 0 bridgehead atoms. The van der Waals surface area contributed by atoms with Gasteiger partial charge in [-0.25, -0.2) is 0 Å². The molecule has 3 nitrogen and oxygen atoms in total. The Morgan fingerprint density at radius 3 is 3.00 bits per heavy atom. The summed E-state index contributed by atoms with van der Waals surface area (Å²) in [5, 5.41) is 0. The van der Waals surface area contributed by atoms with Crippen LogP contribution < -0.4 is 0 Å². The van der Waals surface area contributed by atoms with Crippen molar-refractivity contribution in [2.75, 3.05) is 12.5 Å². The van der Waals surface area contributed by atoms with Crippen LogP contribution in [0.4, 0.5) is 0 Å². The van der Waals surface area contributed by atoms with E-state index in [0.717, 1.165) is 32.1 Å². The molecule has 2 fully saturated rings. The zero-order chi connectivity index (χ0) is 11.6. The first kappa shape index (κ1) is 12.2. The van der Waals surface area contributed by atoms with Gasteiger partial charge in [0.25, 0.3) is 0 Å². The average Bonchev–Trinajstić information content (AvgIpc) is 3.02. The highest BCUT2D eigenvalue weighted by molar-refractivity contribution is 6.17. The second-order valence-electron chi connectivity index (χ2n) is 5.05. The van der Waals surface area contributed by atoms with Gasteiger partial charge in [-0.2, -0.15) is 0 Å². The Morgan fingerprint density at radius 1 is 1.50 bits per heavy atom. The molecule has 16 heavy (non-hydrogen) atoms. The van der Waals surface area contributed by atoms with Crippen LogP contribution in [-0.2, 0) is 14.3 Å². The van der Waals surface area contributed by atoms with Gasteiger partial charge in [-0.1, -0.05) is 0 Å². The summed E-state index contributed by atoms with van der Waals surface area (Å²) in [6, 6.07) is 0. The number of carbonyl (C=O) groups is 1. The van der Waals surface area contributed by atoms with Crippen LogP contribution in [0.1, 0.15) is 39.0 Å². The number of rotatable bonds is 5. The van der Waals surface area contributed by atoms with E-state index >= 15 is 0 Å². The number of alkyl halides is 1. The molecule has 1 saturated heterocycles. The molecule has 0 unspecified atom stereocenters. The van der Waals surface area contributed by atoms with Gasteiger partial charge in [-0.15, -0.1) is 11.6 Å². The standard InChI is InChI=1S/C12H19ClO3/c1-12(5-4-9-10(8-12)16-9)11(14)15-7-3-2-6-13/h9-10H,2-8H2,1H3/t9-,10-,12-/m0/s1. The van der Waals surface area contributed by atoms with Gasteiger partial charge < -0.3 is 9.47 Å². The molecule has 0 radical (unpaired) electrons. The molecule has 0 aromatic carbocycles. The van der Waals surface area contributed by atoms with Crippen molar-refractivity contribution >= 4 is 17.6 Å². The fraction of sp³-hybridized carbons (Fsp3) is 0.917. The van der Waals surface area contributed by atoms with E-state index in [1.807, 2.05) is 6.92 Å². The van der Waals surface area contributed by atoms with Crippen LogP contribution in [0.15, 0.2) is 0 Å². The molecule has 1 saturated carbocycles. The van der Waals surface area contributed by atoms with E-state index in [4.69, 9.17) is 21.1 Å². The minimum atomic E-state index is -0.321. The van der Waals surface area contributed by atoms with Crippen LogP contribution in [0.5, 0.6) is 0 Å². The molecule has 0 N–H and O–H groups in total. The summed E-state index contributed by atoms with van der Waals surface area (Å²) in [4.78, 5) is 11.9. The number of ether oxygens (including phenoxy) is 2. The van der Waals surface area contributed by atoms with Gasteiger partial charge in [0, 0.05) is 5.88 Å². The van der Waals surface area contributed by atoms with Crippen LogP contribution in [0.3, 0.4) is 0 Å². The van der Waals surface area contributed by atoms with Gasteiger partial charge in [0.1, 0.15) is 0 Å². The zero-order valence-corrected chi connectivity index (χ0v) is 10.5.